The van der Waals surface area contributed by atoms with Crippen LogP contribution in [0, 0.1) is 11.8 Å². The predicted octanol–water partition coefficient (Wildman–Crippen LogP) is 5.49. The van der Waals surface area contributed by atoms with E-state index in [4.69, 9.17) is 32.9 Å². The Morgan fingerprint density at radius 3 is 2.36 bits per heavy atom. The fourth-order valence-electron chi connectivity index (χ4n) is 6.62. The maximum absolute atomic E-state index is 13.2. The lowest BCUT2D eigenvalue weighted by atomic mass is 9.97. The van der Waals surface area contributed by atoms with Gasteiger partial charge in [-0.05, 0) is 55.0 Å². The van der Waals surface area contributed by atoms with E-state index in [1.54, 1.807) is 23.9 Å². The number of methoxy groups -OCH3 is 1. The SMILES string of the molecule is COc1nc(-c2cccc(-c3cccc(-c4ccn5c(=O)c(CNC[C@H]6C[C@H]6CO)cnc5c4)c3Cl)c2Cl)ccc1CNCC1CCC(=O)N1. The Labute approximate surface area is 299 Å². The fourth-order valence-corrected chi connectivity index (χ4v) is 7.28. The van der Waals surface area contributed by atoms with Crippen molar-refractivity contribution in [3.8, 4) is 39.4 Å². The summed E-state index contributed by atoms with van der Waals surface area (Å²) in [6.07, 6.45) is 5.77. The van der Waals surface area contributed by atoms with Gasteiger partial charge in [0, 0.05) is 84.5 Å². The van der Waals surface area contributed by atoms with Gasteiger partial charge in [-0.15, -0.1) is 0 Å². The third kappa shape index (κ3) is 7.12. The van der Waals surface area contributed by atoms with Gasteiger partial charge >= 0.3 is 0 Å². The molecule has 1 amide bonds. The standard InChI is InChI=1S/C38H38Cl2N6O4/c1-50-37-23(16-42-20-27-9-11-34(48)44-27)8-10-32(45-37)31-7-3-6-30(36(31)40)29-5-2-4-28(35(29)39)22-12-13-46-33(15-22)43-19-26(38(46)49)18-41-17-24-14-25(24)21-47/h2-8,10,12-13,15,19,24-25,27,41-42,47H,9,11,14,16-18,20-21H2,1H3,(H,44,48)/t24-,25+,27?/m1/s1. The van der Waals surface area contributed by atoms with Crippen LogP contribution in [-0.4, -0.2) is 58.2 Å². The molecular formula is C38H38Cl2N6O4. The van der Waals surface area contributed by atoms with Gasteiger partial charge in [0.15, 0.2) is 0 Å². The van der Waals surface area contributed by atoms with Crippen molar-refractivity contribution >= 4 is 34.8 Å². The summed E-state index contributed by atoms with van der Waals surface area (Å²) >= 11 is 14.2. The molecular weight excluding hydrogens is 675 g/mol. The molecule has 2 aliphatic rings. The Morgan fingerprint density at radius 1 is 0.920 bits per heavy atom. The van der Waals surface area contributed by atoms with E-state index in [1.807, 2.05) is 60.7 Å². The Kier molecular flexibility index (Phi) is 10.2. The van der Waals surface area contributed by atoms with E-state index in [0.717, 1.165) is 52.8 Å². The maximum Gasteiger partial charge on any atom is 0.262 e. The molecule has 4 heterocycles. The third-order valence-electron chi connectivity index (χ3n) is 9.60. The van der Waals surface area contributed by atoms with Crippen molar-refractivity contribution < 1.29 is 14.6 Å². The first kappa shape index (κ1) is 34.1. The molecule has 1 aliphatic carbocycles. The Hall–Kier alpha value is -4.32. The number of ether oxygens (including phenoxy) is 1. The number of aliphatic hydroxyl groups excluding tert-OH is 1. The highest BCUT2D eigenvalue weighted by Crippen LogP contribution is 2.42. The number of pyridine rings is 2. The molecule has 50 heavy (non-hydrogen) atoms. The number of nitrogens with zero attached hydrogens (tertiary/aromatic N) is 3. The lowest BCUT2D eigenvalue weighted by molar-refractivity contribution is -0.119. The first-order valence-electron chi connectivity index (χ1n) is 16.8. The second-order valence-electron chi connectivity index (χ2n) is 12.9. The van der Waals surface area contributed by atoms with Crippen LogP contribution in [0.25, 0.3) is 39.2 Å². The van der Waals surface area contributed by atoms with Crippen LogP contribution in [0.3, 0.4) is 0 Å². The monoisotopic (exact) mass is 712 g/mol. The van der Waals surface area contributed by atoms with Gasteiger partial charge in [0.1, 0.15) is 5.65 Å². The van der Waals surface area contributed by atoms with Crippen molar-refractivity contribution in [1.82, 2.24) is 30.3 Å². The number of aromatic nitrogens is 3. The summed E-state index contributed by atoms with van der Waals surface area (Å²) in [7, 11) is 1.59. The Morgan fingerprint density at radius 2 is 1.64 bits per heavy atom. The molecule has 0 radical (unpaired) electrons. The minimum atomic E-state index is -0.124. The average Bonchev–Trinajstić information content (AvgIpc) is 3.77. The van der Waals surface area contributed by atoms with Crippen molar-refractivity contribution in [2.75, 3.05) is 26.8 Å². The number of hydrogen-bond donors (Lipinski definition) is 4. The summed E-state index contributed by atoms with van der Waals surface area (Å²) in [5.74, 6) is 1.43. The minimum absolute atomic E-state index is 0.0947. The number of rotatable bonds is 13. The van der Waals surface area contributed by atoms with Crippen LogP contribution in [0.4, 0.5) is 0 Å². The molecule has 12 heteroatoms. The van der Waals surface area contributed by atoms with Crippen molar-refractivity contribution in [2.45, 2.75) is 38.4 Å². The summed E-state index contributed by atoms with van der Waals surface area (Å²) in [5, 5.41) is 20.0. The zero-order valence-electron chi connectivity index (χ0n) is 27.6. The van der Waals surface area contributed by atoms with Gasteiger partial charge in [-0.25, -0.2) is 9.97 Å². The maximum atomic E-state index is 13.2. The van der Waals surface area contributed by atoms with E-state index in [-0.39, 0.29) is 24.1 Å². The molecule has 0 bridgehead atoms. The molecule has 2 aromatic carbocycles. The third-order valence-corrected chi connectivity index (χ3v) is 10.4. The van der Waals surface area contributed by atoms with Crippen LogP contribution in [0.15, 0.2) is 77.9 Å². The number of carbonyl (C=O) groups excluding carboxylic acids is 1. The second-order valence-corrected chi connectivity index (χ2v) is 13.7. The molecule has 2 fully saturated rings. The van der Waals surface area contributed by atoms with E-state index < -0.39 is 0 Å². The molecule has 10 nitrogen and oxygen atoms in total. The normalized spacial score (nSPS) is 18.4. The number of hydrogen-bond acceptors (Lipinski definition) is 8. The minimum Gasteiger partial charge on any atom is -0.481 e. The Bertz CT molecular complexity index is 2120. The smallest absolute Gasteiger partial charge is 0.262 e. The number of amides is 1. The number of nitrogens with one attached hydrogen (secondary N) is 3. The van der Waals surface area contributed by atoms with Gasteiger partial charge in [-0.1, -0.05) is 65.7 Å². The Balaban J connectivity index is 1.11. The summed E-state index contributed by atoms with van der Waals surface area (Å²) in [6, 6.07) is 19.3. The molecule has 1 saturated heterocycles. The van der Waals surface area contributed by atoms with Gasteiger partial charge < -0.3 is 25.8 Å². The van der Waals surface area contributed by atoms with Crippen molar-refractivity contribution in [1.29, 1.82) is 0 Å². The highest BCUT2D eigenvalue weighted by molar-refractivity contribution is 6.39. The van der Waals surface area contributed by atoms with Crippen LogP contribution >= 0.6 is 23.2 Å². The first-order valence-corrected chi connectivity index (χ1v) is 17.5. The van der Waals surface area contributed by atoms with Gasteiger partial charge in [0.25, 0.3) is 5.56 Å². The summed E-state index contributed by atoms with van der Waals surface area (Å²) in [5.41, 5.74) is 6.39. The molecule has 1 saturated carbocycles. The molecule has 3 atom stereocenters. The van der Waals surface area contributed by atoms with Crippen molar-refractivity contribution in [2.24, 2.45) is 11.8 Å². The number of fused-ring (bicyclic) bond motifs is 1. The molecule has 4 N–H and O–H groups in total. The van der Waals surface area contributed by atoms with Gasteiger partial charge in [-0.3, -0.25) is 14.0 Å². The fraction of sp³-hybridized carbons (Fsp3) is 0.316. The van der Waals surface area contributed by atoms with E-state index in [0.29, 0.717) is 70.7 Å². The van der Waals surface area contributed by atoms with Crippen LogP contribution in [0.1, 0.15) is 30.4 Å². The van der Waals surface area contributed by atoms with Crippen LogP contribution in [0.5, 0.6) is 5.88 Å². The summed E-state index contributed by atoms with van der Waals surface area (Å²) in [4.78, 5) is 34.1. The van der Waals surface area contributed by atoms with E-state index in [2.05, 4.69) is 20.9 Å². The van der Waals surface area contributed by atoms with E-state index in [1.165, 1.54) is 0 Å². The highest BCUT2D eigenvalue weighted by Gasteiger charge is 2.35. The second kappa shape index (κ2) is 14.9. The van der Waals surface area contributed by atoms with Crippen molar-refractivity contribution in [3.63, 3.8) is 0 Å². The van der Waals surface area contributed by atoms with Gasteiger partial charge in [-0.2, -0.15) is 0 Å². The summed E-state index contributed by atoms with van der Waals surface area (Å²) in [6.45, 7) is 2.62. The number of carbonyl (C=O) groups is 1. The zero-order valence-corrected chi connectivity index (χ0v) is 29.1. The molecule has 0 spiro atoms. The van der Waals surface area contributed by atoms with E-state index in [9.17, 15) is 14.7 Å². The van der Waals surface area contributed by atoms with Gasteiger partial charge in [0.05, 0.1) is 22.8 Å². The molecule has 7 rings (SSSR count). The number of aliphatic hydroxyl groups is 1. The van der Waals surface area contributed by atoms with Crippen molar-refractivity contribution in [3.05, 3.63) is 105 Å². The first-order chi connectivity index (χ1) is 24.3. The predicted molar refractivity (Wildman–Crippen MR) is 195 cm³/mol. The molecule has 1 aliphatic heterocycles. The average molecular weight is 714 g/mol. The number of halogens is 2. The number of benzene rings is 2. The quantitative estimate of drug-likeness (QED) is 0.126. The van der Waals surface area contributed by atoms with Crippen LogP contribution < -0.4 is 26.2 Å². The summed E-state index contributed by atoms with van der Waals surface area (Å²) < 4.78 is 7.19. The molecule has 5 aromatic rings. The lowest BCUT2D eigenvalue weighted by Crippen LogP contribution is -2.35. The topological polar surface area (TPSA) is 130 Å². The van der Waals surface area contributed by atoms with E-state index >= 15 is 0 Å². The van der Waals surface area contributed by atoms with Crippen LogP contribution in [-0.2, 0) is 17.9 Å². The zero-order chi connectivity index (χ0) is 34.8. The van der Waals surface area contributed by atoms with Gasteiger partial charge in [0.2, 0.25) is 11.8 Å². The largest absolute Gasteiger partial charge is 0.481 e. The van der Waals surface area contributed by atoms with Crippen LogP contribution in [0.2, 0.25) is 10.0 Å². The molecule has 258 valence electrons. The highest BCUT2D eigenvalue weighted by atomic mass is 35.5. The molecule has 3 aromatic heterocycles. The molecule has 1 unspecified atom stereocenters. The lowest BCUT2D eigenvalue weighted by Gasteiger charge is -2.16.